The summed E-state index contributed by atoms with van der Waals surface area (Å²) in [6.45, 7) is 5.74. The second-order valence-electron chi connectivity index (χ2n) is 12.1. The minimum atomic E-state index is -0.212. The number of H-pyrrole nitrogens is 2. The lowest BCUT2D eigenvalue weighted by molar-refractivity contribution is 0.400. The number of fused-ring (bicyclic) bond motifs is 2. The Morgan fingerprint density at radius 3 is 2.82 bits per heavy atom. The summed E-state index contributed by atoms with van der Waals surface area (Å²) in [4.78, 5) is 15.0. The number of hydrogen-bond donors (Lipinski definition) is 3. The van der Waals surface area contributed by atoms with Gasteiger partial charge in [-0.2, -0.15) is 5.10 Å². The fraction of sp³-hybridized carbons (Fsp3) is 0.250. The number of aryl methyl sites for hydroxylation is 1. The third-order valence-corrected chi connectivity index (χ3v) is 8.33. The Bertz CT molecular complexity index is 1970. The van der Waals surface area contributed by atoms with Crippen molar-refractivity contribution in [3.63, 3.8) is 0 Å². The Morgan fingerprint density at radius 2 is 1.98 bits per heavy atom. The van der Waals surface area contributed by atoms with Crippen LogP contribution in [-0.2, 0) is 6.42 Å². The summed E-state index contributed by atoms with van der Waals surface area (Å²) in [6, 6.07) is 15.7. The predicted octanol–water partition coefficient (Wildman–Crippen LogP) is 7.27. The number of halogens is 1. The number of hydrogen-bond acceptors (Lipinski definition) is 5. The lowest BCUT2D eigenvalue weighted by Crippen LogP contribution is -2.14. The normalized spacial score (nSPS) is 15.1. The largest absolute Gasteiger partial charge is 0.358 e. The van der Waals surface area contributed by atoms with E-state index in [-0.39, 0.29) is 5.82 Å². The maximum Gasteiger partial charge on any atom is 0.124 e. The Labute approximate surface area is 256 Å². The minimum Gasteiger partial charge on any atom is -0.358 e. The number of nitrogens with zero attached hydrogens (tertiary/aromatic N) is 4. The highest BCUT2D eigenvalue weighted by atomic mass is 19.1. The van der Waals surface area contributed by atoms with Crippen LogP contribution in [0.5, 0.6) is 0 Å². The van der Waals surface area contributed by atoms with Crippen molar-refractivity contribution < 1.29 is 4.39 Å². The minimum absolute atomic E-state index is 0.212. The molecule has 3 N–H and O–H groups in total. The summed E-state index contributed by atoms with van der Waals surface area (Å²) in [5.74, 6) is 0.340. The van der Waals surface area contributed by atoms with E-state index in [0.29, 0.717) is 12.5 Å². The van der Waals surface area contributed by atoms with E-state index in [1.807, 2.05) is 24.5 Å². The second kappa shape index (κ2) is 11.7. The third kappa shape index (κ3) is 5.85. The van der Waals surface area contributed by atoms with Crippen LogP contribution in [0.1, 0.15) is 30.5 Å². The van der Waals surface area contributed by atoms with Crippen LogP contribution in [0, 0.1) is 11.7 Å². The first-order chi connectivity index (χ1) is 21.4. The van der Waals surface area contributed by atoms with Crippen LogP contribution in [-0.4, -0.2) is 58.5 Å². The zero-order chi connectivity index (χ0) is 30.2. The van der Waals surface area contributed by atoms with Crippen molar-refractivity contribution >= 4 is 33.6 Å². The maximum absolute atomic E-state index is 14.8. The molecular weight excluding hydrogens is 549 g/mol. The van der Waals surface area contributed by atoms with Crippen molar-refractivity contribution in [1.82, 2.24) is 30.4 Å². The maximum atomic E-state index is 14.8. The molecule has 3 aromatic heterocycles. The quantitative estimate of drug-likeness (QED) is 0.161. The van der Waals surface area contributed by atoms with Crippen LogP contribution in [0.3, 0.4) is 0 Å². The highest BCUT2D eigenvalue weighted by Crippen LogP contribution is 2.36. The Balaban J connectivity index is 1.22. The average Bonchev–Trinajstić information content (AvgIpc) is 3.70. The standard InChI is InChI=1S/C36H36FN7/c1-22(24-9-10-24)40-28-17-25(11-12-38-20-28)33-19-31-35(21-39-33)42-43-36(31)34-18-30-29(7-4-8-32(30)41-34)26-14-23(15-27(37)16-26)6-5-13-44(2)3/h4,7-8,11,14-21,24,40-41H,1,5-6,9-10,12-13H2,2-3H3,(H,42,43). The number of pyridine rings is 1. The number of aliphatic imine (C=N–C) groups is 1. The van der Waals surface area contributed by atoms with Gasteiger partial charge in [0.15, 0.2) is 0 Å². The zero-order valence-corrected chi connectivity index (χ0v) is 25.1. The monoisotopic (exact) mass is 585 g/mol. The summed E-state index contributed by atoms with van der Waals surface area (Å²) in [6.07, 6.45) is 12.1. The molecule has 2 aliphatic rings. The van der Waals surface area contributed by atoms with Gasteiger partial charge in [-0.05, 0) is 105 Å². The molecule has 0 unspecified atom stereocenters. The van der Waals surface area contributed by atoms with Crippen LogP contribution < -0.4 is 5.32 Å². The molecule has 1 aliphatic heterocycles. The third-order valence-electron chi connectivity index (χ3n) is 8.33. The molecule has 44 heavy (non-hydrogen) atoms. The molecule has 1 saturated carbocycles. The zero-order valence-electron chi connectivity index (χ0n) is 25.1. The van der Waals surface area contributed by atoms with Crippen LogP contribution in [0.2, 0.25) is 0 Å². The lowest BCUT2D eigenvalue weighted by atomic mass is 9.98. The molecule has 1 fully saturated rings. The van der Waals surface area contributed by atoms with Gasteiger partial charge in [-0.1, -0.05) is 30.9 Å². The van der Waals surface area contributed by atoms with E-state index in [2.05, 4.69) is 87.5 Å². The first kappa shape index (κ1) is 28.0. The number of allylic oxidation sites excluding steroid dienone is 4. The van der Waals surface area contributed by atoms with Gasteiger partial charge in [-0.15, -0.1) is 0 Å². The van der Waals surface area contributed by atoms with E-state index in [1.165, 1.54) is 12.8 Å². The van der Waals surface area contributed by atoms with Gasteiger partial charge in [-0.3, -0.25) is 15.1 Å². The molecule has 222 valence electrons. The van der Waals surface area contributed by atoms with Crippen molar-refractivity contribution in [2.24, 2.45) is 10.9 Å². The Kier molecular flexibility index (Phi) is 7.44. The first-order valence-corrected chi connectivity index (χ1v) is 15.2. The summed E-state index contributed by atoms with van der Waals surface area (Å²) in [7, 11) is 4.12. The van der Waals surface area contributed by atoms with Gasteiger partial charge in [0.25, 0.3) is 0 Å². The van der Waals surface area contributed by atoms with Gasteiger partial charge in [0.1, 0.15) is 11.5 Å². The van der Waals surface area contributed by atoms with Gasteiger partial charge in [-0.25, -0.2) is 4.39 Å². The van der Waals surface area contributed by atoms with Crippen molar-refractivity contribution in [3.05, 3.63) is 102 Å². The van der Waals surface area contributed by atoms with E-state index in [9.17, 15) is 4.39 Å². The van der Waals surface area contributed by atoms with Crippen molar-refractivity contribution in [3.8, 4) is 22.5 Å². The molecular formula is C36H36FN7. The fourth-order valence-corrected chi connectivity index (χ4v) is 5.90. The van der Waals surface area contributed by atoms with E-state index in [4.69, 9.17) is 4.98 Å². The highest BCUT2D eigenvalue weighted by Gasteiger charge is 2.25. The second-order valence-corrected chi connectivity index (χ2v) is 12.1. The van der Waals surface area contributed by atoms with Gasteiger partial charge in [0, 0.05) is 33.8 Å². The van der Waals surface area contributed by atoms with Crippen LogP contribution in [0.25, 0.3) is 49.9 Å². The highest BCUT2D eigenvalue weighted by molar-refractivity contribution is 6.01. The first-order valence-electron chi connectivity index (χ1n) is 15.2. The number of aromatic nitrogens is 4. The number of rotatable bonds is 10. The molecule has 0 saturated heterocycles. The molecule has 4 heterocycles. The lowest BCUT2D eigenvalue weighted by Gasteiger charge is -2.11. The molecule has 0 radical (unpaired) electrons. The SMILES string of the molecule is C=C(NC1=CC(c2cc3c(-c4cc5c(-c6cc(F)cc(CCCN(C)C)c6)cccc5[nH]4)n[nH]c3cn2)=CCN=C1)C1CC1. The van der Waals surface area contributed by atoms with Crippen molar-refractivity contribution in [1.29, 1.82) is 0 Å². The van der Waals surface area contributed by atoms with Crippen molar-refractivity contribution in [2.75, 3.05) is 27.2 Å². The van der Waals surface area contributed by atoms with Gasteiger partial charge >= 0.3 is 0 Å². The van der Waals surface area contributed by atoms with Crippen LogP contribution in [0.4, 0.5) is 4.39 Å². The smallest absolute Gasteiger partial charge is 0.124 e. The molecule has 8 heteroatoms. The molecule has 1 aliphatic carbocycles. The van der Waals surface area contributed by atoms with Crippen LogP contribution in [0.15, 0.2) is 89.8 Å². The Morgan fingerprint density at radius 1 is 1.09 bits per heavy atom. The van der Waals surface area contributed by atoms with E-state index >= 15 is 0 Å². The van der Waals surface area contributed by atoms with Gasteiger partial charge in [0.2, 0.25) is 0 Å². The molecule has 7 nitrogen and oxygen atoms in total. The number of benzene rings is 2. The molecule has 0 atom stereocenters. The van der Waals surface area contributed by atoms with E-state index in [1.54, 1.807) is 12.1 Å². The fourth-order valence-electron chi connectivity index (χ4n) is 5.90. The number of aromatic amines is 2. The van der Waals surface area contributed by atoms with E-state index in [0.717, 1.165) is 91.9 Å². The van der Waals surface area contributed by atoms with E-state index < -0.39 is 0 Å². The van der Waals surface area contributed by atoms with Crippen LogP contribution >= 0.6 is 0 Å². The predicted molar refractivity (Wildman–Crippen MR) is 178 cm³/mol. The molecule has 7 rings (SSSR count). The number of nitrogens with one attached hydrogen (secondary N) is 3. The summed E-state index contributed by atoms with van der Waals surface area (Å²) >= 11 is 0. The van der Waals surface area contributed by atoms with Gasteiger partial charge < -0.3 is 15.2 Å². The average molecular weight is 586 g/mol. The topological polar surface area (TPSA) is 85.0 Å². The molecule has 5 aromatic rings. The molecule has 0 amide bonds. The molecule has 0 spiro atoms. The molecule has 2 aromatic carbocycles. The van der Waals surface area contributed by atoms with Crippen molar-refractivity contribution in [2.45, 2.75) is 25.7 Å². The summed E-state index contributed by atoms with van der Waals surface area (Å²) < 4.78 is 14.8. The Hall–Kier alpha value is -4.82. The van der Waals surface area contributed by atoms with Gasteiger partial charge in [0.05, 0.1) is 35.3 Å². The molecule has 0 bridgehead atoms. The summed E-state index contributed by atoms with van der Waals surface area (Å²) in [5.41, 5.74) is 10.2. The summed E-state index contributed by atoms with van der Waals surface area (Å²) in [5, 5.41) is 13.3.